The maximum absolute atomic E-state index is 13.4. The highest BCUT2D eigenvalue weighted by molar-refractivity contribution is 7.92. The zero-order valence-electron chi connectivity index (χ0n) is 23.5. The highest BCUT2D eigenvalue weighted by atomic mass is 32.2. The van der Waals surface area contributed by atoms with Crippen LogP contribution in [0.15, 0.2) is 53.4 Å². The van der Waals surface area contributed by atoms with Gasteiger partial charge in [-0.05, 0) is 74.4 Å². The molecule has 2 aliphatic heterocycles. The van der Waals surface area contributed by atoms with E-state index in [0.717, 1.165) is 61.3 Å². The van der Waals surface area contributed by atoms with E-state index in [4.69, 9.17) is 4.74 Å². The van der Waals surface area contributed by atoms with E-state index < -0.39 is 10.0 Å². The summed E-state index contributed by atoms with van der Waals surface area (Å²) in [5.41, 5.74) is 4.34. The lowest BCUT2D eigenvalue weighted by Crippen LogP contribution is -2.53. The van der Waals surface area contributed by atoms with E-state index in [-0.39, 0.29) is 16.4 Å². The molecule has 0 radical (unpaired) electrons. The molecule has 0 saturated carbocycles. The Balaban J connectivity index is 1.52. The van der Waals surface area contributed by atoms with Crippen LogP contribution >= 0.6 is 0 Å². The Kier molecular flexibility index (Phi) is 7.33. The summed E-state index contributed by atoms with van der Waals surface area (Å²) in [6.45, 7) is 14.2. The molecule has 0 atom stereocenters. The maximum atomic E-state index is 13.4. The van der Waals surface area contributed by atoms with Crippen molar-refractivity contribution in [2.75, 3.05) is 36.3 Å². The fourth-order valence-electron chi connectivity index (χ4n) is 5.33. The number of fused-ring (bicyclic) bond motifs is 4. The van der Waals surface area contributed by atoms with E-state index >= 15 is 0 Å². The van der Waals surface area contributed by atoms with Crippen molar-refractivity contribution in [3.8, 4) is 17.1 Å². The summed E-state index contributed by atoms with van der Waals surface area (Å²) >= 11 is 0. The topological polar surface area (TPSA) is 96.5 Å². The average Bonchev–Trinajstić information content (AvgIpc) is 2.86. The Morgan fingerprint density at radius 2 is 1.69 bits per heavy atom. The van der Waals surface area contributed by atoms with E-state index in [1.54, 1.807) is 18.2 Å². The molecule has 3 aromatic rings. The summed E-state index contributed by atoms with van der Waals surface area (Å²) in [4.78, 5) is 11.8. The zero-order chi connectivity index (χ0) is 27.8. The van der Waals surface area contributed by atoms with Crippen LogP contribution in [0.25, 0.3) is 11.3 Å². The number of aryl methyl sites for hydroxylation is 2. The van der Waals surface area contributed by atoms with Crippen molar-refractivity contribution in [1.82, 2.24) is 14.9 Å². The number of ether oxygens (including phenoxy) is 1. The van der Waals surface area contributed by atoms with Crippen molar-refractivity contribution in [1.29, 1.82) is 0 Å². The van der Waals surface area contributed by atoms with Gasteiger partial charge >= 0.3 is 0 Å². The van der Waals surface area contributed by atoms with Crippen LogP contribution in [0, 0.1) is 19.3 Å². The van der Waals surface area contributed by atoms with Crippen molar-refractivity contribution in [3.63, 3.8) is 0 Å². The minimum absolute atomic E-state index is 0.00450. The molecule has 8 nitrogen and oxygen atoms in total. The van der Waals surface area contributed by atoms with Gasteiger partial charge < -0.3 is 15.0 Å². The zero-order valence-corrected chi connectivity index (χ0v) is 24.4. The molecule has 1 aromatic heterocycles. The highest BCUT2D eigenvalue weighted by Gasteiger charge is 2.36. The first kappa shape index (κ1) is 27.4. The van der Waals surface area contributed by atoms with Crippen LogP contribution in [0.3, 0.4) is 0 Å². The second kappa shape index (κ2) is 10.4. The number of nitrogens with one attached hydrogen (secondary N) is 2. The summed E-state index contributed by atoms with van der Waals surface area (Å²) in [6, 6.07) is 14.8. The standard InChI is InChI=1S/C30H39N5O3S/c1-21-8-6-9-22(2)27(21)25-19-26-32-28(31-25)34-39(36,37)24-11-7-10-23(18-24)33-30(20-38-26)13-16-35(17-14-30)15-12-29(3,4)5/h6-11,18-19,33H,12-17,20H2,1-5H3,(H,31,32,34). The normalized spacial score (nSPS) is 18.7. The van der Waals surface area contributed by atoms with E-state index in [2.05, 4.69) is 45.7 Å². The highest BCUT2D eigenvalue weighted by Crippen LogP contribution is 2.33. The Morgan fingerprint density at radius 1 is 1.00 bits per heavy atom. The summed E-state index contributed by atoms with van der Waals surface area (Å²) in [6.07, 6.45) is 2.88. The summed E-state index contributed by atoms with van der Waals surface area (Å²) in [7, 11) is -3.92. The number of aromatic nitrogens is 2. The molecule has 208 valence electrons. The number of piperidine rings is 1. The van der Waals surface area contributed by atoms with Crippen molar-refractivity contribution >= 4 is 21.7 Å². The number of anilines is 2. The Morgan fingerprint density at radius 3 is 2.38 bits per heavy atom. The molecule has 0 aliphatic carbocycles. The molecule has 2 aromatic carbocycles. The van der Waals surface area contributed by atoms with Crippen LogP contribution in [0.1, 0.15) is 51.2 Å². The number of sulfonamides is 1. The van der Waals surface area contributed by atoms with Gasteiger partial charge in [-0.1, -0.05) is 45.0 Å². The third kappa shape index (κ3) is 6.36. The average molecular weight is 550 g/mol. The molecule has 2 N–H and O–H groups in total. The SMILES string of the molecule is Cc1cccc(C)c1-c1cc2nc(n1)NS(=O)(=O)c1cccc(c1)NC1(CCN(CCC(C)(C)C)CC1)CO2. The number of rotatable bonds is 3. The van der Waals surface area contributed by atoms with E-state index in [0.29, 0.717) is 23.6 Å². The van der Waals surface area contributed by atoms with Gasteiger partial charge in [0.05, 0.1) is 16.1 Å². The van der Waals surface area contributed by atoms with Crippen molar-refractivity contribution in [2.45, 2.75) is 64.3 Å². The van der Waals surface area contributed by atoms with Crippen LogP contribution in [-0.4, -0.2) is 55.1 Å². The smallest absolute Gasteiger partial charge is 0.264 e. The van der Waals surface area contributed by atoms with Gasteiger partial charge in [0.2, 0.25) is 11.8 Å². The van der Waals surface area contributed by atoms with Gasteiger partial charge in [-0.3, -0.25) is 0 Å². The molecule has 3 heterocycles. The van der Waals surface area contributed by atoms with Crippen molar-refractivity contribution < 1.29 is 13.2 Å². The van der Waals surface area contributed by atoms with Gasteiger partial charge in [-0.15, -0.1) is 0 Å². The van der Waals surface area contributed by atoms with Crippen LogP contribution in [0.2, 0.25) is 0 Å². The molecular weight excluding hydrogens is 510 g/mol. The van der Waals surface area contributed by atoms with Crippen LogP contribution in [0.5, 0.6) is 5.88 Å². The number of hydrogen-bond acceptors (Lipinski definition) is 7. The first-order valence-corrected chi connectivity index (χ1v) is 15.1. The Labute approximate surface area is 232 Å². The maximum Gasteiger partial charge on any atom is 0.264 e. The number of hydrogen-bond donors (Lipinski definition) is 2. The third-order valence-corrected chi connectivity index (χ3v) is 9.03. The molecule has 9 heteroatoms. The molecule has 39 heavy (non-hydrogen) atoms. The number of nitrogens with zero attached hydrogens (tertiary/aromatic N) is 3. The lowest BCUT2D eigenvalue weighted by Gasteiger charge is -2.43. The minimum atomic E-state index is -3.92. The fourth-order valence-corrected chi connectivity index (χ4v) is 6.32. The molecular formula is C30H39N5O3S. The van der Waals surface area contributed by atoms with E-state index in [9.17, 15) is 8.42 Å². The van der Waals surface area contributed by atoms with Crippen LogP contribution < -0.4 is 14.8 Å². The van der Waals surface area contributed by atoms with Crippen LogP contribution in [0.4, 0.5) is 11.6 Å². The predicted octanol–water partition coefficient (Wildman–Crippen LogP) is 5.64. The lowest BCUT2D eigenvalue weighted by atomic mass is 9.86. The fraction of sp³-hybridized carbons (Fsp3) is 0.467. The predicted molar refractivity (Wildman–Crippen MR) is 156 cm³/mol. The number of likely N-dealkylation sites (tertiary alicyclic amines) is 1. The summed E-state index contributed by atoms with van der Waals surface area (Å²) < 4.78 is 35.7. The molecule has 1 spiro atoms. The van der Waals surface area contributed by atoms with Gasteiger partial charge in [-0.25, -0.2) is 18.1 Å². The monoisotopic (exact) mass is 549 g/mol. The molecule has 4 bridgehead atoms. The second-order valence-electron chi connectivity index (χ2n) is 12.2. The van der Waals surface area contributed by atoms with Gasteiger partial charge in [0, 0.05) is 30.4 Å². The Bertz CT molecular complexity index is 1440. The van der Waals surface area contributed by atoms with Gasteiger partial charge in [-0.2, -0.15) is 4.98 Å². The largest absolute Gasteiger partial charge is 0.475 e. The van der Waals surface area contributed by atoms with Gasteiger partial charge in [0.15, 0.2) is 0 Å². The molecule has 1 saturated heterocycles. The van der Waals surface area contributed by atoms with Gasteiger partial charge in [0.1, 0.15) is 6.61 Å². The summed E-state index contributed by atoms with van der Waals surface area (Å²) in [5, 5.41) is 3.67. The molecule has 0 unspecified atom stereocenters. The van der Waals surface area contributed by atoms with Crippen molar-refractivity contribution in [3.05, 3.63) is 59.7 Å². The van der Waals surface area contributed by atoms with Gasteiger partial charge in [0.25, 0.3) is 10.0 Å². The van der Waals surface area contributed by atoms with Crippen molar-refractivity contribution in [2.24, 2.45) is 5.41 Å². The summed E-state index contributed by atoms with van der Waals surface area (Å²) in [5.74, 6) is 0.344. The second-order valence-corrected chi connectivity index (χ2v) is 13.8. The molecule has 1 fully saturated rings. The lowest BCUT2D eigenvalue weighted by molar-refractivity contribution is 0.117. The van der Waals surface area contributed by atoms with E-state index in [1.807, 2.05) is 44.2 Å². The first-order valence-electron chi connectivity index (χ1n) is 13.6. The minimum Gasteiger partial charge on any atom is -0.475 e. The molecule has 5 rings (SSSR count). The number of benzene rings is 2. The quantitative estimate of drug-likeness (QED) is 0.437. The Hall–Kier alpha value is -3.17. The van der Waals surface area contributed by atoms with E-state index in [1.165, 1.54) is 0 Å². The third-order valence-electron chi connectivity index (χ3n) is 7.71. The van der Waals surface area contributed by atoms with Crippen LogP contribution in [-0.2, 0) is 10.0 Å². The molecule has 2 aliphatic rings. The molecule has 0 amide bonds. The first-order chi connectivity index (χ1) is 18.4.